The summed E-state index contributed by atoms with van der Waals surface area (Å²) in [6.07, 6.45) is -2.66. The van der Waals surface area contributed by atoms with Crippen molar-refractivity contribution in [2.75, 3.05) is 33.3 Å². The maximum atomic E-state index is 13.7. The highest BCUT2D eigenvalue weighted by atomic mass is 19.4. The number of alkyl halides is 3. The fraction of sp³-hybridized carbons (Fsp3) is 0.545. The number of nitrogens with zero attached hydrogens (tertiary/aromatic N) is 2. The summed E-state index contributed by atoms with van der Waals surface area (Å²) >= 11 is 0. The molecular weight excluding hydrogens is 411 g/mol. The Hall–Kier alpha value is -2.55. The molecule has 1 aromatic rings. The van der Waals surface area contributed by atoms with Crippen LogP contribution in [0.3, 0.4) is 0 Å². The number of urea groups is 1. The first-order chi connectivity index (χ1) is 14.6. The van der Waals surface area contributed by atoms with Gasteiger partial charge in [0, 0.05) is 19.3 Å². The van der Waals surface area contributed by atoms with Crippen molar-refractivity contribution in [2.45, 2.75) is 38.9 Å². The molecular formula is C22H28F3N3O3. The monoisotopic (exact) mass is 439 g/mol. The lowest BCUT2D eigenvalue weighted by atomic mass is 9.90. The Labute approximate surface area is 180 Å². The van der Waals surface area contributed by atoms with Crippen LogP contribution in [-0.2, 0) is 15.7 Å². The fourth-order valence-electron chi connectivity index (χ4n) is 4.07. The van der Waals surface area contributed by atoms with Crippen LogP contribution >= 0.6 is 0 Å². The number of amides is 2. The second-order valence-corrected chi connectivity index (χ2v) is 8.07. The molecule has 2 amide bonds. The van der Waals surface area contributed by atoms with Crippen molar-refractivity contribution in [2.24, 2.45) is 5.92 Å². The lowest BCUT2D eigenvalue weighted by molar-refractivity contribution is -0.141. The quantitative estimate of drug-likeness (QED) is 0.706. The Morgan fingerprint density at radius 3 is 2.48 bits per heavy atom. The van der Waals surface area contributed by atoms with Gasteiger partial charge in [-0.2, -0.15) is 13.2 Å². The molecule has 0 saturated carbocycles. The molecule has 170 valence electrons. The van der Waals surface area contributed by atoms with Crippen LogP contribution in [0.1, 0.15) is 43.9 Å². The van der Waals surface area contributed by atoms with Gasteiger partial charge in [0.25, 0.3) is 0 Å². The van der Waals surface area contributed by atoms with Crippen molar-refractivity contribution < 1.29 is 27.5 Å². The van der Waals surface area contributed by atoms with Crippen molar-refractivity contribution in [3.05, 3.63) is 46.7 Å². The highest BCUT2D eigenvalue weighted by Gasteiger charge is 2.42. The van der Waals surface area contributed by atoms with Crippen LogP contribution in [0, 0.1) is 5.92 Å². The minimum Gasteiger partial charge on any atom is -0.463 e. The van der Waals surface area contributed by atoms with Gasteiger partial charge in [0.15, 0.2) is 0 Å². The molecule has 1 saturated heterocycles. The number of ether oxygens (including phenoxy) is 1. The minimum absolute atomic E-state index is 0.0410. The van der Waals surface area contributed by atoms with E-state index in [4.69, 9.17) is 4.74 Å². The Morgan fingerprint density at radius 2 is 1.87 bits per heavy atom. The minimum atomic E-state index is -4.63. The molecule has 1 N–H and O–H groups in total. The van der Waals surface area contributed by atoms with Gasteiger partial charge in [0.05, 0.1) is 23.8 Å². The lowest BCUT2D eigenvalue weighted by Crippen LogP contribution is -2.50. The summed E-state index contributed by atoms with van der Waals surface area (Å²) in [6.45, 7) is 5.75. The number of hydrogen-bond donors (Lipinski definition) is 1. The topological polar surface area (TPSA) is 61.9 Å². The largest absolute Gasteiger partial charge is 0.463 e. The molecule has 1 fully saturated rings. The molecule has 9 heteroatoms. The van der Waals surface area contributed by atoms with Crippen molar-refractivity contribution in [1.29, 1.82) is 0 Å². The van der Waals surface area contributed by atoms with Gasteiger partial charge in [-0.05, 0) is 50.4 Å². The van der Waals surface area contributed by atoms with Crippen LogP contribution in [0.2, 0.25) is 0 Å². The van der Waals surface area contributed by atoms with E-state index < -0.39 is 29.8 Å². The molecule has 6 nitrogen and oxygen atoms in total. The number of hydrogen-bond acceptors (Lipinski definition) is 4. The number of nitrogens with one attached hydrogen (secondary N) is 1. The molecule has 2 aliphatic heterocycles. The third-order valence-electron chi connectivity index (χ3n) is 5.90. The Balaban J connectivity index is 2.10. The van der Waals surface area contributed by atoms with Gasteiger partial charge in [-0.25, -0.2) is 9.59 Å². The lowest BCUT2D eigenvalue weighted by Gasteiger charge is -2.38. The van der Waals surface area contributed by atoms with Crippen LogP contribution in [-0.4, -0.2) is 55.1 Å². The van der Waals surface area contributed by atoms with Crippen molar-refractivity contribution in [3.8, 4) is 0 Å². The van der Waals surface area contributed by atoms with Crippen molar-refractivity contribution >= 4 is 12.0 Å². The van der Waals surface area contributed by atoms with Crippen molar-refractivity contribution in [1.82, 2.24) is 15.1 Å². The predicted octanol–water partition coefficient (Wildman–Crippen LogP) is 3.95. The SMILES string of the molecule is CCOC(=O)C1=C(CN2CCC(C)CC2)N(C)C(=O)N[C@@H]1c1ccccc1C(F)(F)F. The fourth-order valence-corrected chi connectivity index (χ4v) is 4.07. The third kappa shape index (κ3) is 5.03. The molecule has 0 unspecified atom stereocenters. The smallest absolute Gasteiger partial charge is 0.416 e. The number of likely N-dealkylation sites (N-methyl/N-ethyl adjacent to an activating group) is 1. The number of benzene rings is 1. The number of esters is 1. The molecule has 1 atom stereocenters. The van der Waals surface area contributed by atoms with Gasteiger partial charge in [-0.3, -0.25) is 9.80 Å². The molecule has 0 radical (unpaired) electrons. The van der Waals surface area contributed by atoms with E-state index in [0.29, 0.717) is 11.6 Å². The van der Waals surface area contributed by atoms with Gasteiger partial charge in [-0.1, -0.05) is 25.1 Å². The van der Waals surface area contributed by atoms with Crippen molar-refractivity contribution in [3.63, 3.8) is 0 Å². The molecule has 1 aromatic carbocycles. The van der Waals surface area contributed by atoms with Crippen LogP contribution < -0.4 is 5.32 Å². The van der Waals surface area contributed by atoms with Crippen LogP contribution in [0.5, 0.6) is 0 Å². The second kappa shape index (κ2) is 9.30. The van der Waals surface area contributed by atoms with Gasteiger partial charge in [-0.15, -0.1) is 0 Å². The average Bonchev–Trinajstić information content (AvgIpc) is 2.72. The molecule has 31 heavy (non-hydrogen) atoms. The van der Waals surface area contributed by atoms with E-state index in [1.54, 1.807) is 6.92 Å². The molecule has 0 spiro atoms. The van der Waals surface area contributed by atoms with Crippen LogP contribution in [0.4, 0.5) is 18.0 Å². The number of piperidine rings is 1. The van der Waals surface area contributed by atoms with E-state index in [2.05, 4.69) is 17.1 Å². The second-order valence-electron chi connectivity index (χ2n) is 8.07. The highest BCUT2D eigenvalue weighted by molar-refractivity contribution is 5.95. The summed E-state index contributed by atoms with van der Waals surface area (Å²) in [5.74, 6) is -0.134. The third-order valence-corrected chi connectivity index (χ3v) is 5.90. The maximum Gasteiger partial charge on any atom is 0.416 e. The first kappa shape index (κ1) is 23.1. The summed E-state index contributed by atoms with van der Waals surface area (Å²) in [7, 11) is 1.52. The van der Waals surface area contributed by atoms with Gasteiger partial charge in [0.1, 0.15) is 0 Å². The van der Waals surface area contributed by atoms with E-state index in [0.717, 1.165) is 32.0 Å². The van der Waals surface area contributed by atoms with Gasteiger partial charge >= 0.3 is 18.2 Å². The van der Waals surface area contributed by atoms with E-state index in [9.17, 15) is 22.8 Å². The molecule has 0 aromatic heterocycles. The number of rotatable bonds is 5. The Kier molecular flexibility index (Phi) is 6.93. The Morgan fingerprint density at radius 1 is 1.23 bits per heavy atom. The summed E-state index contributed by atoms with van der Waals surface area (Å²) in [5, 5.41) is 2.57. The zero-order chi connectivity index (χ0) is 22.8. The summed E-state index contributed by atoms with van der Waals surface area (Å²) < 4.78 is 46.3. The van der Waals surface area contributed by atoms with Crippen LogP contribution in [0.25, 0.3) is 0 Å². The van der Waals surface area contributed by atoms with Gasteiger partial charge in [0.2, 0.25) is 0 Å². The summed E-state index contributed by atoms with van der Waals surface area (Å²) in [5.41, 5.74) is -0.653. The summed E-state index contributed by atoms with van der Waals surface area (Å²) in [6, 6.07) is 3.18. The molecule has 2 aliphatic rings. The molecule has 0 aliphatic carbocycles. The Bertz CT molecular complexity index is 861. The van der Waals surface area contributed by atoms with E-state index in [-0.39, 0.29) is 24.3 Å². The maximum absolute atomic E-state index is 13.7. The zero-order valence-electron chi connectivity index (χ0n) is 18.0. The molecule has 3 rings (SSSR count). The summed E-state index contributed by atoms with van der Waals surface area (Å²) in [4.78, 5) is 29.1. The zero-order valence-corrected chi connectivity index (χ0v) is 18.0. The van der Waals surface area contributed by atoms with Gasteiger partial charge < -0.3 is 10.1 Å². The first-order valence-corrected chi connectivity index (χ1v) is 10.5. The first-order valence-electron chi connectivity index (χ1n) is 10.5. The number of likely N-dealkylation sites (tertiary alicyclic amines) is 1. The standard InChI is InChI=1S/C22H28F3N3O3/c1-4-31-20(29)18-17(13-28-11-9-14(2)10-12-28)27(3)21(30)26-19(18)15-7-5-6-8-16(15)22(23,24)25/h5-8,14,19H,4,9-13H2,1-3H3,(H,26,30)/t19-/m1/s1. The number of halogens is 3. The van der Waals surface area contributed by atoms with E-state index >= 15 is 0 Å². The number of carbonyl (C=O) groups excluding carboxylic acids is 2. The predicted molar refractivity (Wildman–Crippen MR) is 109 cm³/mol. The average molecular weight is 439 g/mol. The van der Waals surface area contributed by atoms with E-state index in [1.165, 1.54) is 30.1 Å². The normalized spacial score (nSPS) is 21.3. The molecule has 2 heterocycles. The molecule has 0 bridgehead atoms. The van der Waals surface area contributed by atoms with Crippen LogP contribution in [0.15, 0.2) is 35.5 Å². The van der Waals surface area contributed by atoms with E-state index in [1.807, 2.05) is 0 Å². The highest BCUT2D eigenvalue weighted by Crippen LogP contribution is 2.39. The number of carbonyl (C=O) groups is 2.